The maximum atomic E-state index is 13.4. The fourth-order valence-corrected chi connectivity index (χ4v) is 9.96. The van der Waals surface area contributed by atoms with Gasteiger partial charge in [-0.15, -0.1) is 0 Å². The Morgan fingerprint density at radius 2 is 1.21 bits per heavy atom. The van der Waals surface area contributed by atoms with Crippen LogP contribution in [0.15, 0.2) is 18.2 Å². The molecule has 4 fully saturated rings. The highest BCUT2D eigenvalue weighted by Gasteiger charge is 2.41. The summed E-state index contributed by atoms with van der Waals surface area (Å²) in [5, 5.41) is 28.1. The molecule has 0 radical (unpaired) electrons. The van der Waals surface area contributed by atoms with Crippen LogP contribution in [0.1, 0.15) is 139 Å². The number of aliphatic hydroxyl groups is 1. The number of urea groups is 2. The zero-order valence-electron chi connectivity index (χ0n) is 35.9. The lowest BCUT2D eigenvalue weighted by atomic mass is 9.73. The fraction of sp³-hybridized carbons (Fsp3) is 0.800. The summed E-state index contributed by atoms with van der Waals surface area (Å²) >= 11 is 0. The highest BCUT2D eigenvalue weighted by Crippen LogP contribution is 2.40. The van der Waals surface area contributed by atoms with Crippen LogP contribution in [-0.2, 0) is 10.4 Å². The number of hydrogen-bond donors (Lipinski definition) is 6. The van der Waals surface area contributed by atoms with Gasteiger partial charge < -0.3 is 41.5 Å². The lowest BCUT2D eigenvalue weighted by Gasteiger charge is -2.43. The van der Waals surface area contributed by atoms with Gasteiger partial charge in [-0.1, -0.05) is 87.1 Å². The molecule has 4 aliphatic rings. The first-order valence-corrected chi connectivity index (χ1v) is 22.5. The lowest BCUT2D eigenvalue weighted by molar-refractivity contribution is -0.119. The van der Waals surface area contributed by atoms with Gasteiger partial charge in [0.05, 0.1) is 5.60 Å². The third-order valence-electron chi connectivity index (χ3n) is 12.8. The van der Waals surface area contributed by atoms with Gasteiger partial charge in [-0.3, -0.25) is 4.79 Å². The van der Waals surface area contributed by atoms with Gasteiger partial charge in [0.2, 0.25) is 5.91 Å². The van der Waals surface area contributed by atoms with E-state index in [0.29, 0.717) is 44.4 Å². The molecule has 2 aliphatic carbocycles. The van der Waals surface area contributed by atoms with Crippen LogP contribution in [-0.4, -0.2) is 105 Å². The second-order valence-corrected chi connectivity index (χ2v) is 17.8. The van der Waals surface area contributed by atoms with E-state index >= 15 is 0 Å². The van der Waals surface area contributed by atoms with E-state index in [4.69, 9.17) is 0 Å². The first-order chi connectivity index (χ1) is 27.0. The van der Waals surface area contributed by atoms with Gasteiger partial charge in [-0.25, -0.2) is 9.59 Å². The Kier molecular flexibility index (Phi) is 19.7. The summed E-state index contributed by atoms with van der Waals surface area (Å²) in [7, 11) is 3.91. The molecule has 1 aromatic rings. The molecule has 56 heavy (non-hydrogen) atoms. The lowest BCUT2D eigenvalue weighted by Crippen LogP contribution is -2.54. The zero-order valence-corrected chi connectivity index (χ0v) is 35.9. The molecule has 0 unspecified atom stereocenters. The smallest absolute Gasteiger partial charge is 0.317 e. The number of aryl methyl sites for hydroxylation is 2. The minimum absolute atomic E-state index is 0.0122. The van der Waals surface area contributed by atoms with E-state index in [0.717, 1.165) is 87.3 Å². The highest BCUT2D eigenvalue weighted by atomic mass is 16.3. The fourth-order valence-electron chi connectivity index (χ4n) is 9.96. The van der Waals surface area contributed by atoms with Crippen molar-refractivity contribution in [1.82, 2.24) is 36.4 Å². The average molecular weight is 782 g/mol. The van der Waals surface area contributed by atoms with Crippen LogP contribution in [0.5, 0.6) is 0 Å². The standard InChI is InChI=1S/C30H50N4O3.C15H29N3O/c1-22-16-23(2)18-27(17-22)30(37,13-9-14-32-24(3)35)26-12-8-15-34(21-26)29(36)33-28(20-31-4)19-25-10-6-5-7-11-25;1-16-12-14(11-13-7-3-4-8-13)17-15(19)18-9-5-2-6-10-18/h16-18,25-26,28,31,37H,5-15,19-21H2,1-4H3,(H,32,35)(H,33,36);13-14,16H,2-12H2,1H3,(H,17,19)/t26-,28+,30+;14-/m10/s1. The number of rotatable bonds is 16. The van der Waals surface area contributed by atoms with Crippen LogP contribution in [0.2, 0.25) is 0 Å². The van der Waals surface area contributed by atoms with Crippen molar-refractivity contribution >= 4 is 18.0 Å². The number of carbonyl (C=O) groups is 3. The molecule has 0 spiro atoms. The van der Waals surface area contributed by atoms with Crippen molar-refractivity contribution < 1.29 is 19.5 Å². The normalized spacial score (nSPS) is 21.6. The number of carbonyl (C=O) groups excluding carboxylic acids is 3. The SMILES string of the molecule is CNC[C@H](CC1CCCC1)NC(=O)N1CCCCC1.CNC[C@H](CC1CCCCC1)NC(=O)N1CCC[C@@H]([C@@](O)(CCCNC(C)=O)c2cc(C)cc(C)c2)C1. The Balaban J connectivity index is 0.000000306. The zero-order chi connectivity index (χ0) is 40.3. The number of nitrogens with zero attached hydrogens (tertiary/aromatic N) is 2. The van der Waals surface area contributed by atoms with Crippen LogP contribution in [0.4, 0.5) is 9.59 Å². The number of likely N-dealkylation sites (N-methyl/N-ethyl adjacent to an activating group) is 2. The molecular weight excluding hydrogens is 703 g/mol. The number of nitrogens with one attached hydrogen (secondary N) is 5. The van der Waals surface area contributed by atoms with Crippen molar-refractivity contribution in [3.8, 4) is 0 Å². The minimum atomic E-state index is -1.05. The summed E-state index contributed by atoms with van der Waals surface area (Å²) in [5.74, 6) is 1.39. The van der Waals surface area contributed by atoms with Crippen LogP contribution < -0.4 is 26.6 Å². The summed E-state index contributed by atoms with van der Waals surface area (Å²) < 4.78 is 0. The molecule has 318 valence electrons. The van der Waals surface area contributed by atoms with E-state index in [1.165, 1.54) is 71.1 Å². The van der Waals surface area contributed by atoms with Gasteiger partial charge in [0, 0.05) is 70.7 Å². The minimum Gasteiger partial charge on any atom is -0.385 e. The molecule has 2 saturated carbocycles. The van der Waals surface area contributed by atoms with E-state index in [1.807, 2.05) is 23.9 Å². The summed E-state index contributed by atoms with van der Waals surface area (Å²) in [6.07, 6.45) is 20.6. The van der Waals surface area contributed by atoms with Gasteiger partial charge in [-0.05, 0) is 103 Å². The van der Waals surface area contributed by atoms with E-state index in [9.17, 15) is 19.5 Å². The molecule has 2 saturated heterocycles. The molecule has 4 atom stereocenters. The molecule has 5 amide bonds. The van der Waals surface area contributed by atoms with Crippen molar-refractivity contribution in [3.63, 3.8) is 0 Å². The Hall–Kier alpha value is -2.89. The Labute approximate surface area is 339 Å². The van der Waals surface area contributed by atoms with E-state index in [-0.39, 0.29) is 29.9 Å². The predicted molar refractivity (Wildman–Crippen MR) is 228 cm³/mol. The van der Waals surface area contributed by atoms with Gasteiger partial charge in [0.15, 0.2) is 0 Å². The molecule has 1 aromatic carbocycles. The van der Waals surface area contributed by atoms with E-state index < -0.39 is 5.60 Å². The van der Waals surface area contributed by atoms with E-state index in [1.54, 1.807) is 0 Å². The molecule has 2 aliphatic heterocycles. The number of piperidine rings is 2. The van der Waals surface area contributed by atoms with Crippen molar-refractivity contribution in [2.24, 2.45) is 17.8 Å². The first kappa shape index (κ1) is 45.8. The molecule has 6 N–H and O–H groups in total. The van der Waals surface area contributed by atoms with Crippen molar-refractivity contribution in [2.45, 2.75) is 154 Å². The Bertz CT molecular complexity index is 1310. The quantitative estimate of drug-likeness (QED) is 0.103. The van der Waals surface area contributed by atoms with Crippen molar-refractivity contribution in [1.29, 1.82) is 0 Å². The third kappa shape index (κ3) is 15.1. The maximum absolute atomic E-state index is 13.4. The van der Waals surface area contributed by atoms with Gasteiger partial charge in [-0.2, -0.15) is 0 Å². The highest BCUT2D eigenvalue weighted by molar-refractivity contribution is 5.75. The molecule has 0 bridgehead atoms. The maximum Gasteiger partial charge on any atom is 0.317 e. The summed E-state index contributed by atoms with van der Waals surface area (Å²) in [5.41, 5.74) is 2.11. The molecular formula is C45H79N7O4. The summed E-state index contributed by atoms with van der Waals surface area (Å²) in [6, 6.07) is 6.84. The summed E-state index contributed by atoms with van der Waals surface area (Å²) in [4.78, 5) is 41.0. The molecule has 5 rings (SSSR count). The largest absolute Gasteiger partial charge is 0.385 e. The Morgan fingerprint density at radius 1 is 0.714 bits per heavy atom. The van der Waals surface area contributed by atoms with Crippen molar-refractivity contribution in [2.75, 3.05) is 59.9 Å². The first-order valence-electron chi connectivity index (χ1n) is 22.5. The second kappa shape index (κ2) is 24.1. The van der Waals surface area contributed by atoms with Crippen molar-refractivity contribution in [3.05, 3.63) is 34.9 Å². The monoisotopic (exact) mass is 782 g/mol. The third-order valence-corrected chi connectivity index (χ3v) is 12.8. The van der Waals surface area contributed by atoms with E-state index in [2.05, 4.69) is 58.6 Å². The molecule has 2 heterocycles. The number of benzene rings is 1. The van der Waals surface area contributed by atoms with Gasteiger partial charge in [0.25, 0.3) is 0 Å². The average Bonchev–Trinajstić information content (AvgIpc) is 3.70. The topological polar surface area (TPSA) is 138 Å². The number of amides is 5. The van der Waals surface area contributed by atoms with Crippen LogP contribution >= 0.6 is 0 Å². The number of likely N-dealkylation sites (tertiary alicyclic amines) is 2. The van der Waals surface area contributed by atoms with Gasteiger partial charge in [0.1, 0.15) is 0 Å². The van der Waals surface area contributed by atoms with Gasteiger partial charge >= 0.3 is 12.1 Å². The predicted octanol–water partition coefficient (Wildman–Crippen LogP) is 6.74. The second-order valence-electron chi connectivity index (χ2n) is 17.8. The Morgan fingerprint density at radius 3 is 1.75 bits per heavy atom. The number of hydrogen-bond acceptors (Lipinski definition) is 6. The molecule has 0 aromatic heterocycles. The van der Waals surface area contributed by atoms with Crippen LogP contribution in [0, 0.1) is 31.6 Å². The molecule has 11 heteroatoms. The van der Waals surface area contributed by atoms with Crippen LogP contribution in [0.3, 0.4) is 0 Å². The summed E-state index contributed by atoms with van der Waals surface area (Å²) in [6.45, 7) is 10.9. The van der Waals surface area contributed by atoms with Crippen LogP contribution in [0.25, 0.3) is 0 Å². The molecule has 11 nitrogen and oxygen atoms in total.